The van der Waals surface area contributed by atoms with Gasteiger partial charge in [0.25, 0.3) is 5.91 Å². The second-order valence-electron chi connectivity index (χ2n) is 5.32. The first kappa shape index (κ1) is 17.9. The summed E-state index contributed by atoms with van der Waals surface area (Å²) in [6.07, 6.45) is 1.52. The zero-order valence-corrected chi connectivity index (χ0v) is 14.8. The first-order valence-corrected chi connectivity index (χ1v) is 8.25. The number of amides is 1. The molecule has 0 radical (unpaired) electrons. The fraction of sp³-hybridized carbons (Fsp3) is 0.167. The molecule has 0 atom stereocenters. The normalized spacial score (nSPS) is 10.5. The second kappa shape index (κ2) is 8.46. The molecule has 26 heavy (non-hydrogen) atoms. The Morgan fingerprint density at radius 3 is 2.85 bits per heavy atom. The number of anilines is 1. The summed E-state index contributed by atoms with van der Waals surface area (Å²) in [5, 5.41) is 11.2. The zero-order valence-electron chi connectivity index (χ0n) is 14.1. The summed E-state index contributed by atoms with van der Waals surface area (Å²) in [5.74, 6) is 0.261. The van der Waals surface area contributed by atoms with Crippen molar-refractivity contribution in [2.24, 2.45) is 0 Å². The van der Waals surface area contributed by atoms with E-state index in [1.54, 1.807) is 43.5 Å². The summed E-state index contributed by atoms with van der Waals surface area (Å²) in [4.78, 5) is 12.4. The molecule has 7 nitrogen and oxygen atoms in total. The summed E-state index contributed by atoms with van der Waals surface area (Å²) in [6, 6.07) is 14.3. The molecule has 0 saturated heterocycles. The number of aromatic nitrogens is 3. The number of ether oxygens (including phenoxy) is 2. The standard InChI is InChI=1S/C18H17ClN4O3/c1-25-9-10-26-14-6-4-5-13(11-14)20-18(24)16-12-23(22-21-16)17-8-3-2-7-15(17)19/h2-8,11-12H,9-10H2,1H3,(H,20,24). The largest absolute Gasteiger partial charge is 0.491 e. The molecule has 1 heterocycles. The molecule has 3 aromatic rings. The summed E-state index contributed by atoms with van der Waals surface area (Å²) >= 11 is 6.13. The smallest absolute Gasteiger partial charge is 0.277 e. The van der Waals surface area contributed by atoms with Crippen LogP contribution in [0.1, 0.15) is 10.5 Å². The van der Waals surface area contributed by atoms with Gasteiger partial charge < -0.3 is 14.8 Å². The fourth-order valence-corrected chi connectivity index (χ4v) is 2.45. The number of hydrogen-bond donors (Lipinski definition) is 1. The SMILES string of the molecule is COCCOc1cccc(NC(=O)c2cn(-c3ccccc3Cl)nn2)c1. The van der Waals surface area contributed by atoms with E-state index in [0.29, 0.717) is 35.4 Å². The monoisotopic (exact) mass is 372 g/mol. The van der Waals surface area contributed by atoms with Gasteiger partial charge in [0.15, 0.2) is 5.69 Å². The molecule has 1 amide bonds. The van der Waals surface area contributed by atoms with Crippen LogP contribution in [0.2, 0.25) is 5.02 Å². The van der Waals surface area contributed by atoms with Crippen LogP contribution in [0.3, 0.4) is 0 Å². The minimum absolute atomic E-state index is 0.177. The van der Waals surface area contributed by atoms with Crippen molar-refractivity contribution in [2.45, 2.75) is 0 Å². The lowest BCUT2D eigenvalue weighted by molar-refractivity contribution is 0.102. The van der Waals surface area contributed by atoms with Gasteiger partial charge in [0.2, 0.25) is 0 Å². The second-order valence-corrected chi connectivity index (χ2v) is 5.73. The quantitative estimate of drug-likeness (QED) is 0.644. The third-order valence-corrected chi connectivity index (χ3v) is 3.79. The van der Waals surface area contributed by atoms with Crippen LogP contribution in [0, 0.1) is 0 Å². The first-order chi connectivity index (χ1) is 12.7. The number of methoxy groups -OCH3 is 1. The molecule has 1 N–H and O–H groups in total. The molecular formula is C18H17ClN4O3. The highest BCUT2D eigenvalue weighted by Gasteiger charge is 2.13. The maximum atomic E-state index is 12.4. The maximum absolute atomic E-state index is 12.4. The van der Waals surface area contributed by atoms with Crippen molar-refractivity contribution in [1.29, 1.82) is 0 Å². The zero-order chi connectivity index (χ0) is 18.4. The summed E-state index contributed by atoms with van der Waals surface area (Å²) < 4.78 is 11.9. The van der Waals surface area contributed by atoms with Crippen LogP contribution in [-0.2, 0) is 4.74 Å². The van der Waals surface area contributed by atoms with Gasteiger partial charge in [0.1, 0.15) is 12.4 Å². The van der Waals surface area contributed by atoms with Crippen molar-refractivity contribution in [3.05, 3.63) is 65.4 Å². The number of hydrogen-bond acceptors (Lipinski definition) is 5. The highest BCUT2D eigenvalue weighted by molar-refractivity contribution is 6.32. The minimum atomic E-state index is -0.377. The lowest BCUT2D eigenvalue weighted by Crippen LogP contribution is -2.12. The molecule has 2 aromatic carbocycles. The van der Waals surface area contributed by atoms with E-state index in [0.717, 1.165) is 0 Å². The minimum Gasteiger partial charge on any atom is -0.491 e. The number of nitrogens with zero attached hydrogens (tertiary/aromatic N) is 3. The fourth-order valence-electron chi connectivity index (χ4n) is 2.22. The van der Waals surface area contributed by atoms with E-state index < -0.39 is 0 Å². The number of carbonyl (C=O) groups is 1. The Hall–Kier alpha value is -2.90. The van der Waals surface area contributed by atoms with Gasteiger partial charge in [-0.3, -0.25) is 4.79 Å². The van der Waals surface area contributed by atoms with Crippen LogP contribution in [0.5, 0.6) is 5.75 Å². The Bertz CT molecular complexity index is 897. The van der Waals surface area contributed by atoms with Crippen molar-refractivity contribution in [1.82, 2.24) is 15.0 Å². The van der Waals surface area contributed by atoms with Gasteiger partial charge in [0.05, 0.1) is 23.5 Å². The van der Waals surface area contributed by atoms with Gasteiger partial charge >= 0.3 is 0 Å². The number of carbonyl (C=O) groups excluding carboxylic acids is 1. The van der Waals surface area contributed by atoms with Gasteiger partial charge in [-0.1, -0.05) is 35.0 Å². The Kier molecular flexibility index (Phi) is 5.83. The number of benzene rings is 2. The average molecular weight is 373 g/mol. The highest BCUT2D eigenvalue weighted by Crippen LogP contribution is 2.20. The maximum Gasteiger partial charge on any atom is 0.277 e. The van der Waals surface area contributed by atoms with Crippen molar-refractivity contribution >= 4 is 23.2 Å². The molecule has 0 aliphatic carbocycles. The van der Waals surface area contributed by atoms with E-state index in [-0.39, 0.29) is 11.6 Å². The van der Waals surface area contributed by atoms with E-state index >= 15 is 0 Å². The predicted octanol–water partition coefficient (Wildman–Crippen LogP) is 3.20. The van der Waals surface area contributed by atoms with Gasteiger partial charge in [-0.25, -0.2) is 4.68 Å². The van der Waals surface area contributed by atoms with E-state index in [9.17, 15) is 4.79 Å². The summed E-state index contributed by atoms with van der Waals surface area (Å²) in [6.45, 7) is 0.918. The molecule has 0 fully saturated rings. The van der Waals surface area contributed by atoms with Crippen molar-refractivity contribution in [3.63, 3.8) is 0 Å². The van der Waals surface area contributed by atoms with Gasteiger partial charge in [0, 0.05) is 18.9 Å². The van der Waals surface area contributed by atoms with Gasteiger partial charge in [-0.15, -0.1) is 5.10 Å². The molecule has 8 heteroatoms. The van der Waals surface area contributed by atoms with Crippen LogP contribution in [0.4, 0.5) is 5.69 Å². The number of rotatable bonds is 7. The third-order valence-electron chi connectivity index (χ3n) is 3.47. The Labute approximate surface area is 155 Å². The predicted molar refractivity (Wildman–Crippen MR) is 98.1 cm³/mol. The number of para-hydroxylation sites is 1. The lowest BCUT2D eigenvalue weighted by atomic mass is 10.3. The van der Waals surface area contributed by atoms with Crippen LogP contribution in [0.15, 0.2) is 54.7 Å². The van der Waals surface area contributed by atoms with E-state index in [1.165, 1.54) is 10.9 Å². The molecular weight excluding hydrogens is 356 g/mol. The van der Waals surface area contributed by atoms with Crippen molar-refractivity contribution in [2.75, 3.05) is 25.6 Å². The Morgan fingerprint density at radius 2 is 2.04 bits per heavy atom. The summed E-state index contributed by atoms with van der Waals surface area (Å²) in [5.41, 5.74) is 1.42. The lowest BCUT2D eigenvalue weighted by Gasteiger charge is -2.08. The molecule has 0 bridgehead atoms. The summed E-state index contributed by atoms with van der Waals surface area (Å²) in [7, 11) is 1.61. The van der Waals surface area contributed by atoms with E-state index in [1.807, 2.05) is 12.1 Å². The van der Waals surface area contributed by atoms with Crippen molar-refractivity contribution in [3.8, 4) is 11.4 Å². The van der Waals surface area contributed by atoms with Crippen LogP contribution in [-0.4, -0.2) is 41.2 Å². The van der Waals surface area contributed by atoms with Crippen LogP contribution in [0.25, 0.3) is 5.69 Å². The topological polar surface area (TPSA) is 78.3 Å². The number of nitrogens with one attached hydrogen (secondary N) is 1. The Morgan fingerprint density at radius 1 is 1.19 bits per heavy atom. The van der Waals surface area contributed by atoms with Crippen LogP contribution < -0.4 is 10.1 Å². The highest BCUT2D eigenvalue weighted by atomic mass is 35.5. The molecule has 3 rings (SSSR count). The molecule has 0 unspecified atom stereocenters. The molecule has 0 spiro atoms. The molecule has 0 aliphatic rings. The molecule has 0 saturated carbocycles. The van der Waals surface area contributed by atoms with Crippen molar-refractivity contribution < 1.29 is 14.3 Å². The van der Waals surface area contributed by atoms with E-state index in [4.69, 9.17) is 21.1 Å². The molecule has 0 aliphatic heterocycles. The van der Waals surface area contributed by atoms with Crippen LogP contribution >= 0.6 is 11.6 Å². The first-order valence-electron chi connectivity index (χ1n) is 7.88. The third kappa shape index (κ3) is 4.38. The van der Waals surface area contributed by atoms with Gasteiger partial charge in [-0.05, 0) is 24.3 Å². The molecule has 134 valence electrons. The van der Waals surface area contributed by atoms with Gasteiger partial charge in [-0.2, -0.15) is 0 Å². The molecule has 1 aromatic heterocycles. The number of halogens is 1. The Balaban J connectivity index is 1.69. The average Bonchev–Trinajstić information content (AvgIpc) is 3.13. The van der Waals surface area contributed by atoms with E-state index in [2.05, 4.69) is 15.6 Å².